The molecule has 1 N–H and O–H groups in total. The van der Waals surface area contributed by atoms with Gasteiger partial charge in [0.25, 0.3) is 0 Å². The largest absolute Gasteiger partial charge is 0.379 e. The van der Waals surface area contributed by atoms with Crippen LogP contribution < -0.4 is 5.69 Å². The maximum Gasteiger partial charge on any atom is 0.328 e. The van der Waals surface area contributed by atoms with Gasteiger partial charge in [-0.25, -0.2) is 14.8 Å². The lowest BCUT2D eigenvalue weighted by molar-refractivity contribution is 0.0364. The zero-order chi connectivity index (χ0) is 16.4. The van der Waals surface area contributed by atoms with Crippen LogP contribution in [0.15, 0.2) is 35.5 Å². The number of aromatic nitrogens is 5. The quantitative estimate of drug-likeness (QED) is 0.752. The third kappa shape index (κ3) is 2.93. The number of nitrogens with one attached hydrogen (secondary N) is 1. The summed E-state index contributed by atoms with van der Waals surface area (Å²) in [5.74, 6) is 0. The summed E-state index contributed by atoms with van der Waals surface area (Å²) in [4.78, 5) is 30.3. The molecule has 1 fully saturated rings. The van der Waals surface area contributed by atoms with Gasteiger partial charge < -0.3 is 4.74 Å². The minimum absolute atomic E-state index is 0.179. The van der Waals surface area contributed by atoms with Gasteiger partial charge >= 0.3 is 5.69 Å². The maximum absolute atomic E-state index is 12.2. The Hall–Kier alpha value is -2.58. The van der Waals surface area contributed by atoms with Crippen molar-refractivity contribution in [3.8, 4) is 11.3 Å². The first-order valence-electron chi connectivity index (χ1n) is 7.97. The highest BCUT2D eigenvalue weighted by Crippen LogP contribution is 2.16. The predicted octanol–water partition coefficient (Wildman–Crippen LogP) is 0.514. The van der Waals surface area contributed by atoms with Gasteiger partial charge in [0.1, 0.15) is 0 Å². The van der Waals surface area contributed by atoms with Gasteiger partial charge in [0.05, 0.1) is 25.1 Å². The monoisotopic (exact) mass is 326 g/mol. The van der Waals surface area contributed by atoms with Gasteiger partial charge in [-0.3, -0.25) is 19.4 Å². The van der Waals surface area contributed by atoms with Crippen molar-refractivity contribution >= 4 is 11.3 Å². The van der Waals surface area contributed by atoms with Crippen LogP contribution in [0.5, 0.6) is 0 Å². The molecule has 8 nitrogen and oxygen atoms in total. The molecular formula is C16H18N6O2. The van der Waals surface area contributed by atoms with Crippen molar-refractivity contribution in [1.82, 2.24) is 29.4 Å². The molecule has 1 saturated heterocycles. The van der Waals surface area contributed by atoms with Crippen LogP contribution in [0.1, 0.15) is 0 Å². The summed E-state index contributed by atoms with van der Waals surface area (Å²) in [6.45, 7) is 4.63. The number of pyridine rings is 1. The molecule has 8 heteroatoms. The second-order valence-electron chi connectivity index (χ2n) is 5.70. The summed E-state index contributed by atoms with van der Waals surface area (Å²) in [6, 6.07) is 3.77. The molecule has 1 aliphatic heterocycles. The van der Waals surface area contributed by atoms with E-state index >= 15 is 0 Å². The molecule has 4 rings (SSSR count). The lowest BCUT2D eigenvalue weighted by Gasteiger charge is -2.26. The first kappa shape index (κ1) is 15.0. The Morgan fingerprint density at radius 3 is 2.88 bits per heavy atom. The number of aromatic amines is 1. The van der Waals surface area contributed by atoms with E-state index in [1.807, 2.05) is 12.1 Å². The summed E-state index contributed by atoms with van der Waals surface area (Å²) in [7, 11) is 0. The van der Waals surface area contributed by atoms with Crippen LogP contribution in [0.25, 0.3) is 22.6 Å². The van der Waals surface area contributed by atoms with Crippen LogP contribution in [0.3, 0.4) is 0 Å². The van der Waals surface area contributed by atoms with E-state index in [4.69, 9.17) is 4.74 Å². The molecular weight excluding hydrogens is 308 g/mol. The molecule has 0 amide bonds. The molecule has 0 saturated carbocycles. The zero-order valence-electron chi connectivity index (χ0n) is 13.2. The third-order valence-corrected chi connectivity index (χ3v) is 4.18. The molecule has 3 aromatic rings. The van der Waals surface area contributed by atoms with E-state index in [0.29, 0.717) is 23.5 Å². The van der Waals surface area contributed by atoms with Crippen LogP contribution >= 0.6 is 0 Å². The van der Waals surface area contributed by atoms with Gasteiger partial charge in [-0.2, -0.15) is 0 Å². The number of hydrogen-bond donors (Lipinski definition) is 1. The van der Waals surface area contributed by atoms with E-state index in [-0.39, 0.29) is 5.69 Å². The molecule has 0 atom stereocenters. The fourth-order valence-electron chi connectivity index (χ4n) is 2.85. The smallest absolute Gasteiger partial charge is 0.328 e. The van der Waals surface area contributed by atoms with Crippen LogP contribution in [-0.2, 0) is 11.3 Å². The first-order chi connectivity index (χ1) is 11.8. The van der Waals surface area contributed by atoms with Crippen LogP contribution in [0, 0.1) is 0 Å². The predicted molar refractivity (Wildman–Crippen MR) is 88.6 cm³/mol. The Morgan fingerprint density at radius 2 is 2.08 bits per heavy atom. The Labute approximate surface area is 138 Å². The van der Waals surface area contributed by atoms with Crippen molar-refractivity contribution in [3.05, 3.63) is 41.2 Å². The summed E-state index contributed by atoms with van der Waals surface area (Å²) < 4.78 is 7.00. The lowest BCUT2D eigenvalue weighted by atomic mass is 10.2. The molecule has 0 aromatic carbocycles. The first-order valence-corrected chi connectivity index (χ1v) is 7.97. The van der Waals surface area contributed by atoms with E-state index in [1.165, 1.54) is 0 Å². The Bertz CT molecular complexity index is 882. The summed E-state index contributed by atoms with van der Waals surface area (Å²) in [5.41, 5.74) is 2.49. The van der Waals surface area contributed by atoms with Crippen LogP contribution in [0.4, 0.5) is 0 Å². The molecule has 0 aliphatic carbocycles. The molecule has 0 spiro atoms. The Morgan fingerprint density at radius 1 is 1.21 bits per heavy atom. The van der Waals surface area contributed by atoms with Crippen molar-refractivity contribution in [3.63, 3.8) is 0 Å². The number of fused-ring (bicyclic) bond motifs is 1. The van der Waals surface area contributed by atoms with Crippen LogP contribution in [0.2, 0.25) is 0 Å². The number of imidazole rings is 1. The minimum atomic E-state index is -0.179. The molecule has 0 bridgehead atoms. The van der Waals surface area contributed by atoms with Gasteiger partial charge in [0.2, 0.25) is 0 Å². The second-order valence-corrected chi connectivity index (χ2v) is 5.70. The fraction of sp³-hybridized carbons (Fsp3) is 0.375. The van der Waals surface area contributed by atoms with E-state index < -0.39 is 0 Å². The number of hydrogen-bond acceptors (Lipinski definition) is 6. The van der Waals surface area contributed by atoms with E-state index in [9.17, 15) is 4.79 Å². The third-order valence-electron chi connectivity index (χ3n) is 4.18. The zero-order valence-corrected chi connectivity index (χ0v) is 13.2. The van der Waals surface area contributed by atoms with Crippen molar-refractivity contribution in [2.24, 2.45) is 0 Å². The summed E-state index contributed by atoms with van der Waals surface area (Å²) in [6.07, 6.45) is 5.10. The summed E-state index contributed by atoms with van der Waals surface area (Å²) in [5, 5.41) is 0. The molecule has 0 unspecified atom stereocenters. The van der Waals surface area contributed by atoms with E-state index in [0.717, 1.165) is 38.4 Å². The standard InChI is InChI=1S/C16H18N6O2/c23-16-20-14-15(22(16)5-4-21-6-8-24-9-7-21)19-13(11-18-14)12-2-1-3-17-10-12/h1-3,10-11H,4-9H2,(H,18,20,23). The summed E-state index contributed by atoms with van der Waals surface area (Å²) >= 11 is 0. The number of nitrogens with zero attached hydrogens (tertiary/aromatic N) is 5. The van der Waals surface area contributed by atoms with E-state index in [2.05, 4.69) is 24.8 Å². The molecule has 4 heterocycles. The normalized spacial score (nSPS) is 15.8. The van der Waals surface area contributed by atoms with Gasteiger partial charge in [0.15, 0.2) is 11.3 Å². The topological polar surface area (TPSA) is 88.9 Å². The highest BCUT2D eigenvalue weighted by molar-refractivity contribution is 5.70. The molecule has 124 valence electrons. The Kier molecular flexibility index (Phi) is 4.06. The average molecular weight is 326 g/mol. The van der Waals surface area contributed by atoms with Crippen molar-refractivity contribution in [2.75, 3.05) is 32.8 Å². The molecule has 3 aromatic heterocycles. The number of H-pyrrole nitrogens is 1. The van der Waals surface area contributed by atoms with Crippen molar-refractivity contribution < 1.29 is 4.74 Å². The molecule has 1 aliphatic rings. The van der Waals surface area contributed by atoms with Crippen molar-refractivity contribution in [2.45, 2.75) is 6.54 Å². The SMILES string of the molecule is O=c1[nH]c2ncc(-c3cccnc3)nc2n1CCN1CCOCC1. The van der Waals surface area contributed by atoms with Gasteiger partial charge in [-0.1, -0.05) is 0 Å². The molecule has 0 radical (unpaired) electrons. The van der Waals surface area contributed by atoms with Crippen molar-refractivity contribution in [1.29, 1.82) is 0 Å². The highest BCUT2D eigenvalue weighted by Gasteiger charge is 2.14. The molecule has 24 heavy (non-hydrogen) atoms. The van der Waals surface area contributed by atoms with E-state index in [1.54, 1.807) is 23.2 Å². The van der Waals surface area contributed by atoms with Gasteiger partial charge in [-0.05, 0) is 12.1 Å². The lowest BCUT2D eigenvalue weighted by Crippen LogP contribution is -2.39. The van der Waals surface area contributed by atoms with Gasteiger partial charge in [-0.15, -0.1) is 0 Å². The maximum atomic E-state index is 12.2. The number of rotatable bonds is 4. The second kappa shape index (κ2) is 6.50. The fourth-order valence-corrected chi connectivity index (χ4v) is 2.85. The van der Waals surface area contributed by atoms with Crippen LogP contribution in [-0.4, -0.2) is 62.3 Å². The van der Waals surface area contributed by atoms with Gasteiger partial charge in [0, 0.05) is 44.1 Å². The highest BCUT2D eigenvalue weighted by atomic mass is 16.5. The number of ether oxygens (including phenoxy) is 1. The minimum Gasteiger partial charge on any atom is -0.379 e. The number of morpholine rings is 1. The average Bonchev–Trinajstić information content (AvgIpc) is 2.96. The Balaban J connectivity index is 1.64.